The van der Waals surface area contributed by atoms with Crippen molar-refractivity contribution < 1.29 is 4.74 Å². The van der Waals surface area contributed by atoms with Crippen molar-refractivity contribution in [1.82, 2.24) is 19.5 Å². The third kappa shape index (κ3) is 5.53. The lowest BCUT2D eigenvalue weighted by Gasteiger charge is -2.22. The number of anilines is 4. The maximum Gasteiger partial charge on any atom is 0.137 e. The Morgan fingerprint density at radius 1 is 0.569 bits per heavy atom. The normalized spacial score (nSPS) is 12.8. The van der Waals surface area contributed by atoms with Crippen LogP contribution in [0.1, 0.15) is 26.3 Å². The van der Waals surface area contributed by atoms with Gasteiger partial charge in [0.15, 0.2) is 0 Å². The van der Waals surface area contributed by atoms with Crippen LogP contribution in [0.3, 0.4) is 0 Å². The molecule has 0 amide bonds. The third-order valence-corrected chi connectivity index (χ3v) is 9.62. The number of rotatable bonds is 6. The van der Waals surface area contributed by atoms with Gasteiger partial charge in [0.1, 0.15) is 29.8 Å². The number of fused-ring (bicyclic) bond motifs is 4. The number of aromatic nitrogens is 4. The number of hydrogen-bond donors (Lipinski definition) is 0. The highest BCUT2D eigenvalue weighted by molar-refractivity contribution is 6.09. The molecule has 0 atom stereocenters. The smallest absolute Gasteiger partial charge is 0.137 e. The molecule has 7 heteroatoms. The molecule has 0 fully saturated rings. The fourth-order valence-corrected chi connectivity index (χ4v) is 6.99. The Hall–Kier alpha value is -6.47. The third-order valence-electron chi connectivity index (χ3n) is 9.62. The van der Waals surface area contributed by atoms with E-state index >= 15 is 0 Å². The molecule has 8 aromatic rings. The van der Waals surface area contributed by atoms with Gasteiger partial charge in [0.2, 0.25) is 0 Å². The highest BCUT2D eigenvalue weighted by Gasteiger charge is 2.29. The number of pyridine rings is 3. The van der Waals surface area contributed by atoms with Crippen molar-refractivity contribution in [3.63, 3.8) is 0 Å². The Morgan fingerprint density at radius 2 is 1.39 bits per heavy atom. The van der Waals surface area contributed by atoms with Crippen molar-refractivity contribution in [2.24, 2.45) is 0 Å². The Labute approximate surface area is 297 Å². The average molecular weight is 665 g/mol. The fraction of sp³-hybridized carbons (Fsp3) is 0.114. The van der Waals surface area contributed by atoms with Crippen molar-refractivity contribution >= 4 is 44.7 Å². The Morgan fingerprint density at radius 3 is 2.24 bits per heavy atom. The molecule has 1 aliphatic heterocycles. The molecule has 0 unspecified atom stereocenters. The van der Waals surface area contributed by atoms with Gasteiger partial charge in [-0.1, -0.05) is 75.4 Å². The summed E-state index contributed by atoms with van der Waals surface area (Å²) in [7, 11) is 0. The van der Waals surface area contributed by atoms with Gasteiger partial charge >= 0.3 is 0 Å². The van der Waals surface area contributed by atoms with Crippen LogP contribution in [-0.4, -0.2) is 26.2 Å². The molecular weight excluding hydrogens is 629 g/mol. The van der Waals surface area contributed by atoms with Crippen LogP contribution in [0, 0.1) is 0 Å². The molecule has 0 saturated carbocycles. The summed E-state index contributed by atoms with van der Waals surface area (Å²) in [6.45, 7) is 7.28. The van der Waals surface area contributed by atoms with Crippen LogP contribution in [0.15, 0.2) is 152 Å². The maximum atomic E-state index is 6.60. The molecule has 248 valence electrons. The molecule has 1 aliphatic rings. The standard InChI is InChI=1S/C44H36N6O/c1-44(2,3)32-20-23-46-43(24-32)50-38-15-8-7-14-36(38)37-18-17-35(26-40(37)50)51-34-13-9-12-33(25-34)48-29-49(39-21-22-45-28-41(39)48)42-19-16-31(27-47-42)30-10-5-4-6-11-30/h4-28H,29H2,1-3H3. The van der Waals surface area contributed by atoms with Crippen LogP contribution in [0.2, 0.25) is 0 Å². The summed E-state index contributed by atoms with van der Waals surface area (Å²) in [6.07, 6.45) is 7.59. The average Bonchev–Trinajstić information content (AvgIpc) is 3.71. The second kappa shape index (κ2) is 12.1. The van der Waals surface area contributed by atoms with Gasteiger partial charge in [0.05, 0.1) is 28.6 Å². The molecule has 0 radical (unpaired) electrons. The highest BCUT2D eigenvalue weighted by atomic mass is 16.5. The maximum absolute atomic E-state index is 6.60. The Balaban J connectivity index is 1.04. The van der Waals surface area contributed by atoms with E-state index in [0.717, 1.165) is 67.7 Å². The van der Waals surface area contributed by atoms with E-state index in [9.17, 15) is 0 Å². The fourth-order valence-electron chi connectivity index (χ4n) is 6.99. The molecule has 0 saturated heterocycles. The largest absolute Gasteiger partial charge is 0.457 e. The zero-order chi connectivity index (χ0) is 34.5. The van der Waals surface area contributed by atoms with Crippen molar-refractivity contribution in [3.05, 3.63) is 158 Å². The van der Waals surface area contributed by atoms with Gasteiger partial charge in [-0.3, -0.25) is 9.55 Å². The first-order valence-corrected chi connectivity index (χ1v) is 17.2. The summed E-state index contributed by atoms with van der Waals surface area (Å²) in [5.41, 5.74) is 8.70. The number of nitrogens with zero attached hydrogens (tertiary/aromatic N) is 6. The van der Waals surface area contributed by atoms with E-state index in [1.807, 2.05) is 67.3 Å². The highest BCUT2D eigenvalue weighted by Crippen LogP contribution is 2.44. The topological polar surface area (TPSA) is 59.3 Å². The van der Waals surface area contributed by atoms with Gasteiger partial charge in [0, 0.05) is 52.7 Å². The number of benzene rings is 4. The summed E-state index contributed by atoms with van der Waals surface area (Å²) in [6, 6.07) is 43.9. The van der Waals surface area contributed by atoms with Gasteiger partial charge in [-0.2, -0.15) is 0 Å². The van der Waals surface area contributed by atoms with E-state index in [4.69, 9.17) is 14.7 Å². The van der Waals surface area contributed by atoms with Crippen molar-refractivity contribution in [1.29, 1.82) is 0 Å². The van der Waals surface area contributed by atoms with Crippen LogP contribution >= 0.6 is 0 Å². The second-order valence-corrected chi connectivity index (χ2v) is 13.9. The molecule has 4 aromatic carbocycles. The Bertz CT molecular complexity index is 2540. The lowest BCUT2D eigenvalue weighted by atomic mass is 9.88. The number of hydrogen-bond acceptors (Lipinski definition) is 6. The minimum absolute atomic E-state index is 0.00218. The summed E-state index contributed by atoms with van der Waals surface area (Å²) >= 11 is 0. The summed E-state index contributed by atoms with van der Waals surface area (Å²) in [5, 5.41) is 2.33. The zero-order valence-corrected chi connectivity index (χ0v) is 28.7. The SMILES string of the molecule is CC(C)(C)c1ccnc(-n2c3ccccc3c3ccc(Oc4cccc(N5CN(c6ccc(-c7ccccc7)cn6)c6ccncc65)c4)cc32)c1. The van der Waals surface area contributed by atoms with E-state index in [1.165, 1.54) is 10.9 Å². The molecule has 0 aliphatic carbocycles. The van der Waals surface area contributed by atoms with Crippen molar-refractivity contribution in [2.45, 2.75) is 26.2 Å². The van der Waals surface area contributed by atoms with Gasteiger partial charge in [0.25, 0.3) is 0 Å². The van der Waals surface area contributed by atoms with Crippen molar-refractivity contribution in [3.8, 4) is 28.4 Å². The van der Waals surface area contributed by atoms with Gasteiger partial charge in [-0.25, -0.2) is 9.97 Å². The predicted molar refractivity (Wildman–Crippen MR) is 207 cm³/mol. The first-order valence-electron chi connectivity index (χ1n) is 17.2. The summed E-state index contributed by atoms with van der Waals surface area (Å²) in [4.78, 5) is 18.6. The lowest BCUT2D eigenvalue weighted by Crippen LogP contribution is -2.24. The quantitative estimate of drug-likeness (QED) is 0.176. The Kier molecular flexibility index (Phi) is 7.28. The van der Waals surface area contributed by atoms with Gasteiger partial charge in [-0.15, -0.1) is 0 Å². The zero-order valence-electron chi connectivity index (χ0n) is 28.7. The molecule has 0 bridgehead atoms. The van der Waals surface area contributed by atoms with Crippen LogP contribution in [-0.2, 0) is 5.41 Å². The van der Waals surface area contributed by atoms with Crippen molar-refractivity contribution in [2.75, 3.05) is 16.5 Å². The number of ether oxygens (including phenoxy) is 1. The minimum atomic E-state index is 0.00218. The molecule has 5 heterocycles. The second-order valence-electron chi connectivity index (χ2n) is 13.9. The first kappa shape index (κ1) is 30.6. The lowest BCUT2D eigenvalue weighted by molar-refractivity contribution is 0.483. The van der Waals surface area contributed by atoms with E-state index in [1.54, 1.807) is 0 Å². The van der Waals surface area contributed by atoms with E-state index < -0.39 is 0 Å². The molecule has 0 N–H and O–H groups in total. The summed E-state index contributed by atoms with van der Waals surface area (Å²) < 4.78 is 8.85. The van der Waals surface area contributed by atoms with Gasteiger partial charge < -0.3 is 14.5 Å². The van der Waals surface area contributed by atoms with Crippen LogP contribution in [0.25, 0.3) is 38.8 Å². The minimum Gasteiger partial charge on any atom is -0.457 e. The summed E-state index contributed by atoms with van der Waals surface area (Å²) in [5.74, 6) is 3.27. The van der Waals surface area contributed by atoms with E-state index in [0.29, 0.717) is 6.67 Å². The predicted octanol–water partition coefficient (Wildman–Crippen LogP) is 11.0. The van der Waals surface area contributed by atoms with E-state index in [2.05, 4.69) is 125 Å². The monoisotopic (exact) mass is 664 g/mol. The number of para-hydroxylation sites is 1. The molecule has 0 spiro atoms. The molecule has 4 aromatic heterocycles. The van der Waals surface area contributed by atoms with Crippen LogP contribution in [0.4, 0.5) is 22.9 Å². The van der Waals surface area contributed by atoms with E-state index in [-0.39, 0.29) is 5.41 Å². The van der Waals surface area contributed by atoms with Crippen LogP contribution in [0.5, 0.6) is 11.5 Å². The van der Waals surface area contributed by atoms with Gasteiger partial charge in [-0.05, 0) is 77.2 Å². The molecular formula is C44H36N6O. The molecule has 9 rings (SSSR count). The molecule has 7 nitrogen and oxygen atoms in total. The first-order chi connectivity index (χ1) is 24.9. The molecule has 51 heavy (non-hydrogen) atoms. The van der Waals surface area contributed by atoms with Crippen LogP contribution < -0.4 is 14.5 Å².